The first-order chi connectivity index (χ1) is 22.1. The van der Waals surface area contributed by atoms with E-state index in [9.17, 15) is 0 Å². The molecule has 3 aromatic carbocycles. The zero-order chi connectivity index (χ0) is 31.4. The molecule has 0 bridgehead atoms. The van der Waals surface area contributed by atoms with Crippen molar-refractivity contribution in [3.05, 3.63) is 88.6 Å². The van der Waals surface area contributed by atoms with E-state index in [1.807, 2.05) is 24.3 Å². The number of rotatable bonds is 5. The van der Waals surface area contributed by atoms with Crippen molar-refractivity contribution in [2.75, 3.05) is 20.8 Å². The highest BCUT2D eigenvalue weighted by Crippen LogP contribution is 2.44. The van der Waals surface area contributed by atoms with Crippen molar-refractivity contribution in [3.8, 4) is 76.5 Å². The minimum Gasteiger partial charge on any atom is -0.497 e. The summed E-state index contributed by atoms with van der Waals surface area (Å²) < 4.78 is 17.2. The maximum absolute atomic E-state index is 6.27. The SMILES string of the molecule is CC#CC#CC#CC#CC#CC.COc1ccc(COc2cc3c(cc2OC)CCN2Cc4[nH]c5ccccc5c4CC32)cc1. The van der Waals surface area contributed by atoms with Crippen LogP contribution in [0.4, 0.5) is 0 Å². The number of aromatic nitrogens is 1. The number of hydrogen-bond acceptors (Lipinski definition) is 4. The van der Waals surface area contributed by atoms with Gasteiger partial charge in [-0.05, 0) is 127 Å². The largest absolute Gasteiger partial charge is 0.497 e. The van der Waals surface area contributed by atoms with Crippen molar-refractivity contribution in [2.24, 2.45) is 0 Å². The molecule has 0 amide bonds. The van der Waals surface area contributed by atoms with Crippen LogP contribution in [0.1, 0.15) is 47.8 Å². The second kappa shape index (κ2) is 15.2. The van der Waals surface area contributed by atoms with Gasteiger partial charge in [-0.3, -0.25) is 4.90 Å². The molecule has 45 heavy (non-hydrogen) atoms. The van der Waals surface area contributed by atoms with Gasteiger partial charge in [0.05, 0.1) is 14.2 Å². The van der Waals surface area contributed by atoms with E-state index in [1.54, 1.807) is 28.1 Å². The minimum absolute atomic E-state index is 0.356. The molecule has 1 unspecified atom stereocenters. The number of nitrogens with zero attached hydrogens (tertiary/aromatic N) is 1. The fourth-order valence-corrected chi connectivity index (χ4v) is 5.68. The summed E-state index contributed by atoms with van der Waals surface area (Å²) >= 11 is 0. The Morgan fingerprint density at radius 2 is 1.49 bits per heavy atom. The quantitative estimate of drug-likeness (QED) is 0.271. The number of ether oxygens (including phenoxy) is 3. The van der Waals surface area contributed by atoms with Crippen molar-refractivity contribution < 1.29 is 14.2 Å². The van der Waals surface area contributed by atoms with Crippen molar-refractivity contribution in [2.45, 2.75) is 45.9 Å². The van der Waals surface area contributed by atoms with Gasteiger partial charge in [-0.1, -0.05) is 42.2 Å². The topological polar surface area (TPSA) is 46.7 Å². The predicted molar refractivity (Wildman–Crippen MR) is 179 cm³/mol. The van der Waals surface area contributed by atoms with Gasteiger partial charge in [-0.15, -0.1) is 0 Å². The summed E-state index contributed by atoms with van der Waals surface area (Å²) in [4.78, 5) is 6.25. The summed E-state index contributed by atoms with van der Waals surface area (Å²) in [7, 11) is 3.40. The number of methoxy groups -OCH3 is 2. The molecule has 4 aromatic rings. The van der Waals surface area contributed by atoms with Crippen LogP contribution in [0.5, 0.6) is 17.2 Å². The van der Waals surface area contributed by atoms with Gasteiger partial charge in [0, 0.05) is 35.7 Å². The van der Waals surface area contributed by atoms with Gasteiger partial charge in [0.15, 0.2) is 11.5 Å². The van der Waals surface area contributed by atoms with Gasteiger partial charge in [0.1, 0.15) is 12.4 Å². The zero-order valence-corrected chi connectivity index (χ0v) is 26.1. The van der Waals surface area contributed by atoms with Gasteiger partial charge in [-0.25, -0.2) is 0 Å². The maximum atomic E-state index is 6.27. The van der Waals surface area contributed by atoms with Gasteiger partial charge in [-0.2, -0.15) is 0 Å². The highest BCUT2D eigenvalue weighted by molar-refractivity contribution is 5.85. The molecular weight excluding hydrogens is 556 g/mol. The molecular formula is C40H34N2O3. The molecule has 0 saturated heterocycles. The minimum atomic E-state index is 0.356. The number of aromatic amines is 1. The smallest absolute Gasteiger partial charge is 0.162 e. The first-order valence-electron chi connectivity index (χ1n) is 14.8. The number of nitrogens with one attached hydrogen (secondary N) is 1. The normalized spacial score (nSPS) is 13.6. The van der Waals surface area contributed by atoms with Crippen LogP contribution in [0.3, 0.4) is 0 Å². The monoisotopic (exact) mass is 590 g/mol. The molecule has 0 radical (unpaired) electrons. The maximum Gasteiger partial charge on any atom is 0.162 e. The molecule has 3 heterocycles. The Labute approximate surface area is 266 Å². The fraction of sp³-hybridized carbons (Fsp3) is 0.250. The van der Waals surface area contributed by atoms with E-state index in [-0.39, 0.29) is 0 Å². The first-order valence-corrected chi connectivity index (χ1v) is 14.8. The third kappa shape index (κ3) is 7.48. The first kappa shape index (κ1) is 30.8. The van der Waals surface area contributed by atoms with Crippen LogP contribution in [0.15, 0.2) is 60.7 Å². The van der Waals surface area contributed by atoms with Crippen molar-refractivity contribution in [1.29, 1.82) is 0 Å². The Hall–Kier alpha value is -5.64. The van der Waals surface area contributed by atoms with Crippen LogP contribution in [0, 0.1) is 59.2 Å². The molecule has 5 nitrogen and oxygen atoms in total. The third-order valence-corrected chi connectivity index (χ3v) is 7.80. The summed E-state index contributed by atoms with van der Waals surface area (Å²) in [5.74, 6) is 28.0. The fourth-order valence-electron chi connectivity index (χ4n) is 5.68. The van der Waals surface area contributed by atoms with Gasteiger partial charge < -0.3 is 19.2 Å². The Bertz CT molecular complexity index is 1950. The van der Waals surface area contributed by atoms with E-state index in [0.717, 1.165) is 48.7 Å². The molecule has 0 spiro atoms. The Morgan fingerprint density at radius 3 is 2.16 bits per heavy atom. The molecule has 1 N–H and O–H groups in total. The van der Waals surface area contributed by atoms with Crippen molar-refractivity contribution in [3.63, 3.8) is 0 Å². The molecule has 0 saturated carbocycles. The Balaban J connectivity index is 0.000000286. The second-order valence-electron chi connectivity index (χ2n) is 10.4. The lowest BCUT2D eigenvalue weighted by Crippen LogP contribution is -2.39. The second-order valence-corrected chi connectivity index (χ2v) is 10.4. The van der Waals surface area contributed by atoms with Crippen molar-refractivity contribution in [1.82, 2.24) is 9.88 Å². The van der Waals surface area contributed by atoms with Crippen LogP contribution in [0.2, 0.25) is 0 Å². The molecule has 0 aliphatic carbocycles. The number of H-pyrrole nitrogens is 1. The summed E-state index contributed by atoms with van der Waals surface area (Å²) in [6, 6.07) is 21.4. The molecule has 2 aliphatic rings. The lowest BCUT2D eigenvalue weighted by molar-refractivity contribution is 0.158. The molecule has 222 valence electrons. The summed E-state index contributed by atoms with van der Waals surface area (Å²) in [5.41, 5.74) is 7.88. The van der Waals surface area contributed by atoms with Gasteiger partial charge in [0.25, 0.3) is 0 Å². The average Bonchev–Trinajstić information content (AvgIpc) is 3.45. The number of para-hydroxylation sites is 1. The lowest BCUT2D eigenvalue weighted by Gasteiger charge is -2.40. The third-order valence-electron chi connectivity index (χ3n) is 7.80. The molecule has 1 aromatic heterocycles. The van der Waals surface area contributed by atoms with Gasteiger partial charge >= 0.3 is 0 Å². The molecule has 0 fully saturated rings. The Kier molecular flexibility index (Phi) is 10.4. The average molecular weight is 591 g/mol. The van der Waals surface area contributed by atoms with Crippen LogP contribution in [-0.4, -0.2) is 30.6 Å². The standard InChI is InChI=1S/C28H28N2O3.C12H6/c1-31-20-9-7-18(8-10-20)17-33-28-15-22-19(13-27(28)32-2)11-12-30-16-25-23(14-26(22)30)21-5-3-4-6-24(21)29-25;1-3-5-7-9-11-12-10-8-6-4-2/h3-10,13,15,26,29H,11-12,14,16-17H2,1-2H3;1-2H3. The van der Waals surface area contributed by atoms with E-state index in [4.69, 9.17) is 14.2 Å². The molecule has 1 atom stereocenters. The van der Waals surface area contributed by atoms with E-state index < -0.39 is 0 Å². The van der Waals surface area contributed by atoms with E-state index in [1.165, 1.54) is 33.3 Å². The van der Waals surface area contributed by atoms with E-state index >= 15 is 0 Å². The van der Waals surface area contributed by atoms with Crippen LogP contribution >= 0.6 is 0 Å². The summed E-state index contributed by atoms with van der Waals surface area (Å²) in [6.07, 6.45) is 2.03. The Morgan fingerprint density at radius 1 is 0.800 bits per heavy atom. The highest BCUT2D eigenvalue weighted by Gasteiger charge is 2.34. The number of hydrogen-bond donors (Lipinski definition) is 1. The van der Waals surface area contributed by atoms with Crippen LogP contribution in [-0.2, 0) is 26.0 Å². The summed E-state index contributed by atoms with van der Waals surface area (Å²) in [6.45, 7) is 5.95. The molecule has 6 rings (SSSR count). The van der Waals surface area contributed by atoms with Crippen molar-refractivity contribution >= 4 is 10.9 Å². The zero-order valence-electron chi connectivity index (χ0n) is 26.1. The number of fused-ring (bicyclic) bond motifs is 6. The number of benzene rings is 3. The lowest BCUT2D eigenvalue weighted by atomic mass is 9.85. The van der Waals surface area contributed by atoms with E-state index in [2.05, 4.69) is 105 Å². The highest BCUT2D eigenvalue weighted by atomic mass is 16.5. The van der Waals surface area contributed by atoms with E-state index in [0.29, 0.717) is 12.6 Å². The molecule has 2 aliphatic heterocycles. The van der Waals surface area contributed by atoms with Crippen LogP contribution < -0.4 is 14.2 Å². The van der Waals surface area contributed by atoms with Gasteiger partial charge in [0.2, 0.25) is 0 Å². The molecule has 5 heteroatoms. The van der Waals surface area contributed by atoms with Crippen LogP contribution in [0.25, 0.3) is 10.9 Å². The summed E-state index contributed by atoms with van der Waals surface area (Å²) in [5, 5.41) is 1.35. The predicted octanol–water partition coefficient (Wildman–Crippen LogP) is 6.46.